The first-order valence-corrected chi connectivity index (χ1v) is 9.57. The van der Waals surface area contributed by atoms with Crippen molar-refractivity contribution < 1.29 is 24.0 Å². The summed E-state index contributed by atoms with van der Waals surface area (Å²) in [5.41, 5.74) is 2.63. The Labute approximate surface area is 192 Å². The van der Waals surface area contributed by atoms with Crippen molar-refractivity contribution in [3.05, 3.63) is 99.6 Å². The lowest BCUT2D eigenvalue weighted by atomic mass is 10.2. The summed E-state index contributed by atoms with van der Waals surface area (Å²) in [5, 5.41) is 25.9. The van der Waals surface area contributed by atoms with E-state index in [1.807, 2.05) is 6.07 Å². The van der Waals surface area contributed by atoms with E-state index in [0.29, 0.717) is 16.8 Å². The maximum atomic E-state index is 12.3. The first-order chi connectivity index (χ1) is 16.4. The average molecular weight is 457 g/mol. The molecule has 2 N–H and O–H groups in total. The molecule has 0 radical (unpaired) electrons. The molecule has 0 bridgehead atoms. The second kappa shape index (κ2) is 10.8. The fourth-order valence-corrected chi connectivity index (χ4v) is 2.66. The van der Waals surface area contributed by atoms with E-state index in [2.05, 4.69) is 15.8 Å². The largest absolute Gasteiger partial charge is 0.423 e. The molecule has 11 heteroatoms. The number of rotatable bonds is 6. The number of amides is 2. The second-order valence-corrected chi connectivity index (χ2v) is 6.58. The summed E-state index contributed by atoms with van der Waals surface area (Å²) >= 11 is 0. The quantitative estimate of drug-likeness (QED) is 0.143. The number of para-hydroxylation sites is 1. The molecule has 0 aromatic heterocycles. The van der Waals surface area contributed by atoms with Gasteiger partial charge in [-0.15, -0.1) is 0 Å². The van der Waals surface area contributed by atoms with E-state index in [0.717, 1.165) is 0 Å². The number of esters is 1. The summed E-state index contributed by atoms with van der Waals surface area (Å²) in [6.07, 6.45) is 1.22. The molecule has 0 unspecified atom stereocenters. The Morgan fingerprint density at radius 1 is 1.00 bits per heavy atom. The van der Waals surface area contributed by atoms with Crippen LogP contribution in [-0.2, 0) is 9.59 Å². The van der Waals surface area contributed by atoms with E-state index in [-0.39, 0.29) is 17.0 Å². The minimum atomic E-state index is -1.03. The van der Waals surface area contributed by atoms with E-state index in [9.17, 15) is 24.5 Å². The minimum absolute atomic E-state index is 0.0944. The van der Waals surface area contributed by atoms with Crippen molar-refractivity contribution in [2.45, 2.75) is 0 Å². The third-order valence-electron chi connectivity index (χ3n) is 4.25. The number of carbonyl (C=O) groups excluding carboxylic acids is 3. The Kier molecular flexibility index (Phi) is 7.39. The molecule has 2 amide bonds. The molecule has 168 valence electrons. The molecule has 0 spiro atoms. The molecule has 34 heavy (non-hydrogen) atoms. The monoisotopic (exact) mass is 457 g/mol. The number of benzene rings is 3. The number of hydrogen-bond donors (Lipinski definition) is 2. The molecule has 0 fully saturated rings. The summed E-state index contributed by atoms with van der Waals surface area (Å²) in [5.74, 6) is -2.81. The van der Waals surface area contributed by atoms with E-state index in [1.165, 1.54) is 66.9 Å². The van der Waals surface area contributed by atoms with Crippen molar-refractivity contribution in [3.8, 4) is 11.8 Å². The van der Waals surface area contributed by atoms with Gasteiger partial charge < -0.3 is 10.1 Å². The molecular formula is C23H15N5O6. The Hall–Kier alpha value is -5.37. The van der Waals surface area contributed by atoms with Crippen LogP contribution >= 0.6 is 0 Å². The van der Waals surface area contributed by atoms with E-state index in [1.54, 1.807) is 12.1 Å². The molecule has 0 aliphatic carbocycles. The summed E-state index contributed by atoms with van der Waals surface area (Å²) in [7, 11) is 0. The first-order valence-electron chi connectivity index (χ1n) is 9.57. The highest BCUT2D eigenvalue weighted by Crippen LogP contribution is 2.21. The number of hydrogen-bond acceptors (Lipinski definition) is 8. The smallest absolute Gasteiger partial charge is 0.350 e. The molecule has 11 nitrogen and oxygen atoms in total. The molecule has 3 aromatic rings. The zero-order valence-corrected chi connectivity index (χ0v) is 17.3. The number of hydrazone groups is 1. The van der Waals surface area contributed by atoms with Gasteiger partial charge in [0, 0.05) is 11.8 Å². The number of nitro groups is 1. The van der Waals surface area contributed by atoms with Crippen LogP contribution < -0.4 is 15.5 Å². The predicted molar refractivity (Wildman–Crippen MR) is 120 cm³/mol. The summed E-state index contributed by atoms with van der Waals surface area (Å²) in [4.78, 5) is 46.6. The molecular weight excluding hydrogens is 442 g/mol. The number of carbonyl (C=O) groups is 3. The molecule has 0 saturated carbocycles. The molecule has 0 saturated heterocycles. The van der Waals surface area contributed by atoms with Gasteiger partial charge in [0.05, 0.1) is 22.8 Å². The second-order valence-electron chi connectivity index (χ2n) is 6.58. The van der Waals surface area contributed by atoms with Gasteiger partial charge in [-0.05, 0) is 48.0 Å². The molecule has 0 heterocycles. The topological polar surface area (TPSA) is 164 Å². The number of anilines is 1. The molecule has 0 aliphatic heterocycles. The van der Waals surface area contributed by atoms with Crippen LogP contribution in [0.5, 0.6) is 5.75 Å². The highest BCUT2D eigenvalue weighted by atomic mass is 16.6. The lowest BCUT2D eigenvalue weighted by molar-refractivity contribution is -0.385. The average Bonchev–Trinajstić information content (AvgIpc) is 2.84. The first kappa shape index (κ1) is 23.3. The highest BCUT2D eigenvalue weighted by molar-refractivity contribution is 6.39. The number of nitro benzene ring substituents is 1. The standard InChI is InChI=1S/C23H15N5O6/c24-13-15-8-10-17(11-9-15)26-21(29)22(30)27-25-14-16-4-3-5-18(12-16)34-23(31)19-6-1-2-7-20(19)28(32)33/h1-12,14H,(H,26,29)(H,27,30). The maximum Gasteiger partial charge on any atom is 0.350 e. The van der Waals surface area contributed by atoms with Crippen molar-refractivity contribution in [3.63, 3.8) is 0 Å². The van der Waals surface area contributed by atoms with Crippen LogP contribution in [-0.4, -0.2) is 28.9 Å². The van der Waals surface area contributed by atoms with Crippen molar-refractivity contribution in [1.82, 2.24) is 5.43 Å². The number of nitriles is 1. The van der Waals surface area contributed by atoms with Gasteiger partial charge in [-0.25, -0.2) is 10.2 Å². The Morgan fingerprint density at radius 3 is 2.44 bits per heavy atom. The predicted octanol–water partition coefficient (Wildman–Crippen LogP) is 2.77. The van der Waals surface area contributed by atoms with E-state index < -0.39 is 22.7 Å². The summed E-state index contributed by atoms with van der Waals surface area (Å²) in [6, 6.07) is 19.3. The van der Waals surface area contributed by atoms with Crippen molar-refractivity contribution in [1.29, 1.82) is 5.26 Å². The third kappa shape index (κ3) is 6.08. The fraction of sp³-hybridized carbons (Fsp3) is 0. The molecule has 0 atom stereocenters. The Bertz CT molecular complexity index is 1330. The van der Waals surface area contributed by atoms with E-state index >= 15 is 0 Å². The summed E-state index contributed by atoms with van der Waals surface area (Å²) < 4.78 is 5.20. The van der Waals surface area contributed by atoms with Gasteiger partial charge in [-0.3, -0.25) is 19.7 Å². The van der Waals surface area contributed by atoms with Gasteiger partial charge in [-0.2, -0.15) is 10.4 Å². The Balaban J connectivity index is 1.59. The van der Waals surface area contributed by atoms with Crippen molar-refractivity contribution in [2.75, 3.05) is 5.32 Å². The van der Waals surface area contributed by atoms with Crippen molar-refractivity contribution >= 4 is 35.4 Å². The normalized spacial score (nSPS) is 10.2. The highest BCUT2D eigenvalue weighted by Gasteiger charge is 2.21. The van der Waals surface area contributed by atoms with Crippen LogP contribution in [0.25, 0.3) is 0 Å². The van der Waals surface area contributed by atoms with Crippen LogP contribution in [0.2, 0.25) is 0 Å². The number of ether oxygens (including phenoxy) is 1. The SMILES string of the molecule is N#Cc1ccc(NC(=O)C(=O)NN=Cc2cccc(OC(=O)c3ccccc3[N+](=O)[O-])c2)cc1. The molecule has 3 rings (SSSR count). The third-order valence-corrected chi connectivity index (χ3v) is 4.25. The number of nitrogens with one attached hydrogen (secondary N) is 2. The van der Waals surface area contributed by atoms with Gasteiger partial charge in [0.25, 0.3) is 5.69 Å². The fourth-order valence-electron chi connectivity index (χ4n) is 2.66. The zero-order chi connectivity index (χ0) is 24.5. The lowest BCUT2D eigenvalue weighted by Gasteiger charge is -2.06. The lowest BCUT2D eigenvalue weighted by Crippen LogP contribution is -2.32. The van der Waals surface area contributed by atoms with Crippen LogP contribution in [0.4, 0.5) is 11.4 Å². The van der Waals surface area contributed by atoms with Gasteiger partial charge >= 0.3 is 17.8 Å². The van der Waals surface area contributed by atoms with E-state index in [4.69, 9.17) is 10.00 Å². The zero-order valence-electron chi connectivity index (χ0n) is 17.3. The Morgan fingerprint density at radius 2 is 1.74 bits per heavy atom. The van der Waals surface area contributed by atoms with Crippen molar-refractivity contribution in [2.24, 2.45) is 5.10 Å². The van der Waals surface area contributed by atoms with Crippen LogP contribution in [0, 0.1) is 21.4 Å². The van der Waals surface area contributed by atoms with Gasteiger partial charge in [-0.1, -0.05) is 24.3 Å². The van der Waals surface area contributed by atoms with Crippen LogP contribution in [0.3, 0.4) is 0 Å². The van der Waals surface area contributed by atoms with Gasteiger partial charge in [0.2, 0.25) is 0 Å². The minimum Gasteiger partial charge on any atom is -0.423 e. The van der Waals surface area contributed by atoms with Crippen LogP contribution in [0.15, 0.2) is 77.9 Å². The van der Waals surface area contributed by atoms with Gasteiger partial charge in [0.1, 0.15) is 11.3 Å². The van der Waals surface area contributed by atoms with Gasteiger partial charge in [0.15, 0.2) is 0 Å². The number of nitrogens with zero attached hydrogens (tertiary/aromatic N) is 3. The molecule has 0 aliphatic rings. The van der Waals surface area contributed by atoms with Crippen LogP contribution in [0.1, 0.15) is 21.5 Å². The summed E-state index contributed by atoms with van der Waals surface area (Å²) in [6.45, 7) is 0. The molecule has 3 aromatic carbocycles. The maximum absolute atomic E-state index is 12.3.